The van der Waals surface area contributed by atoms with E-state index in [9.17, 15) is 22.4 Å². The number of sulfonamides is 1. The van der Waals surface area contributed by atoms with Crippen molar-refractivity contribution < 1.29 is 27.5 Å². The fraction of sp³-hybridized carbons (Fsp3) is 0.273. The van der Waals surface area contributed by atoms with E-state index in [1.807, 2.05) is 4.72 Å². The van der Waals surface area contributed by atoms with Gasteiger partial charge < -0.3 is 10.4 Å². The number of likely N-dealkylation sites (N-methyl/N-ethyl adjacent to an activating group) is 1. The molecule has 0 aliphatic heterocycles. The summed E-state index contributed by atoms with van der Waals surface area (Å²) in [5, 5.41) is 11.1. The number of carbonyl (C=O) groups is 2. The molecule has 0 saturated heterocycles. The number of carboxylic acids is 1. The van der Waals surface area contributed by atoms with Crippen molar-refractivity contribution in [2.75, 3.05) is 13.1 Å². The molecule has 1 aromatic rings. The van der Waals surface area contributed by atoms with E-state index in [-0.39, 0.29) is 5.56 Å². The first-order valence-electron chi connectivity index (χ1n) is 5.57. The summed E-state index contributed by atoms with van der Waals surface area (Å²) < 4.78 is 39.0. The van der Waals surface area contributed by atoms with E-state index >= 15 is 0 Å². The average molecular weight is 304 g/mol. The van der Waals surface area contributed by atoms with Gasteiger partial charge >= 0.3 is 5.97 Å². The van der Waals surface area contributed by atoms with Gasteiger partial charge in [0.05, 0.1) is 12.1 Å². The van der Waals surface area contributed by atoms with Crippen LogP contribution in [0.3, 0.4) is 0 Å². The van der Waals surface area contributed by atoms with E-state index in [1.54, 1.807) is 6.92 Å². The molecule has 9 heteroatoms. The topological polar surface area (TPSA) is 113 Å². The number of nitrogens with one attached hydrogen (secondary N) is 2. The fourth-order valence-electron chi connectivity index (χ4n) is 1.34. The highest BCUT2D eigenvalue weighted by Gasteiger charge is 2.21. The summed E-state index contributed by atoms with van der Waals surface area (Å²) in [6.45, 7) is 1.42. The van der Waals surface area contributed by atoms with Crippen LogP contribution in [0.5, 0.6) is 0 Å². The van der Waals surface area contributed by atoms with Crippen molar-refractivity contribution >= 4 is 21.9 Å². The summed E-state index contributed by atoms with van der Waals surface area (Å²) >= 11 is 0. The SMILES string of the molecule is CCNC(=O)CNS(=O)(=O)c1cc(C(=O)O)ccc1F. The predicted octanol–water partition coefficient (Wildman–Crippen LogP) is -0.0617. The number of rotatable bonds is 6. The van der Waals surface area contributed by atoms with Crippen molar-refractivity contribution in [3.8, 4) is 0 Å². The number of amides is 1. The molecule has 20 heavy (non-hydrogen) atoms. The van der Waals surface area contributed by atoms with E-state index in [0.717, 1.165) is 12.1 Å². The number of halogens is 1. The molecule has 0 aliphatic carbocycles. The van der Waals surface area contributed by atoms with Crippen molar-refractivity contribution in [3.63, 3.8) is 0 Å². The molecule has 0 atom stereocenters. The zero-order chi connectivity index (χ0) is 15.3. The standard InChI is InChI=1S/C11H13FN2O5S/c1-2-13-10(15)6-14-20(18,19)9-5-7(11(16)17)3-4-8(9)12/h3-5,14H,2,6H2,1H3,(H,13,15)(H,16,17). The molecule has 0 aliphatic rings. The first-order chi connectivity index (χ1) is 9.27. The Morgan fingerprint density at radius 3 is 2.55 bits per heavy atom. The van der Waals surface area contributed by atoms with Gasteiger partial charge in [-0.15, -0.1) is 0 Å². The molecular formula is C11H13FN2O5S. The maximum Gasteiger partial charge on any atom is 0.335 e. The van der Waals surface area contributed by atoms with Crippen molar-refractivity contribution in [1.29, 1.82) is 0 Å². The summed E-state index contributed by atoms with van der Waals surface area (Å²) in [7, 11) is -4.31. The highest BCUT2D eigenvalue weighted by atomic mass is 32.2. The molecule has 0 heterocycles. The Kier molecular flexibility index (Phi) is 5.17. The maximum atomic E-state index is 13.5. The third kappa shape index (κ3) is 4.00. The lowest BCUT2D eigenvalue weighted by molar-refractivity contribution is -0.119. The smallest absolute Gasteiger partial charge is 0.335 e. The van der Waals surface area contributed by atoms with Crippen LogP contribution in [-0.4, -0.2) is 38.5 Å². The average Bonchev–Trinajstić information content (AvgIpc) is 2.37. The van der Waals surface area contributed by atoms with Crippen molar-refractivity contribution in [1.82, 2.24) is 10.0 Å². The highest BCUT2D eigenvalue weighted by molar-refractivity contribution is 7.89. The van der Waals surface area contributed by atoms with Crippen LogP contribution in [0.15, 0.2) is 23.1 Å². The minimum absolute atomic E-state index is 0.323. The summed E-state index contributed by atoms with van der Waals surface area (Å²) in [5.74, 6) is -3.06. The monoisotopic (exact) mass is 304 g/mol. The Morgan fingerprint density at radius 1 is 1.35 bits per heavy atom. The Bertz CT molecular complexity index is 630. The van der Waals surface area contributed by atoms with Gasteiger partial charge in [-0.05, 0) is 25.1 Å². The molecule has 0 fully saturated rings. The summed E-state index contributed by atoms with van der Waals surface area (Å²) in [4.78, 5) is 21.1. The van der Waals surface area contributed by atoms with E-state index in [2.05, 4.69) is 5.32 Å². The van der Waals surface area contributed by atoms with E-state index in [1.165, 1.54) is 0 Å². The third-order valence-electron chi connectivity index (χ3n) is 2.26. The van der Waals surface area contributed by atoms with E-state index in [0.29, 0.717) is 12.6 Å². The number of benzene rings is 1. The van der Waals surface area contributed by atoms with Crippen LogP contribution in [0.2, 0.25) is 0 Å². The van der Waals surface area contributed by atoms with Gasteiger partial charge in [-0.25, -0.2) is 22.3 Å². The Hall–Kier alpha value is -2.00. The number of aromatic carboxylic acids is 1. The van der Waals surface area contributed by atoms with Crippen LogP contribution in [0.1, 0.15) is 17.3 Å². The van der Waals surface area contributed by atoms with Crippen molar-refractivity contribution in [2.24, 2.45) is 0 Å². The maximum absolute atomic E-state index is 13.5. The Labute approximate surface area is 114 Å². The molecule has 0 saturated carbocycles. The molecule has 110 valence electrons. The molecule has 0 bridgehead atoms. The predicted molar refractivity (Wildman–Crippen MR) is 67.2 cm³/mol. The van der Waals surface area contributed by atoms with Gasteiger partial charge in [0.25, 0.3) is 0 Å². The zero-order valence-electron chi connectivity index (χ0n) is 10.5. The molecule has 0 aromatic heterocycles. The minimum Gasteiger partial charge on any atom is -0.478 e. The number of carbonyl (C=O) groups excluding carboxylic acids is 1. The summed E-state index contributed by atoms with van der Waals surface area (Å²) in [6.07, 6.45) is 0. The van der Waals surface area contributed by atoms with Crippen LogP contribution in [0, 0.1) is 5.82 Å². The molecule has 0 radical (unpaired) electrons. The molecular weight excluding hydrogens is 291 g/mol. The Balaban J connectivity index is 3.00. The third-order valence-corrected chi connectivity index (χ3v) is 3.68. The Morgan fingerprint density at radius 2 is 2.00 bits per heavy atom. The number of hydrogen-bond acceptors (Lipinski definition) is 4. The van der Waals surface area contributed by atoms with E-state index in [4.69, 9.17) is 5.11 Å². The van der Waals surface area contributed by atoms with Crippen LogP contribution < -0.4 is 10.0 Å². The normalized spacial score (nSPS) is 11.1. The van der Waals surface area contributed by atoms with Crippen LogP contribution in [-0.2, 0) is 14.8 Å². The van der Waals surface area contributed by atoms with Crippen LogP contribution in [0.4, 0.5) is 4.39 Å². The molecule has 1 rings (SSSR count). The first kappa shape index (κ1) is 16.1. The second kappa shape index (κ2) is 6.44. The van der Waals surface area contributed by atoms with Gasteiger partial charge in [0.1, 0.15) is 10.7 Å². The van der Waals surface area contributed by atoms with Crippen LogP contribution in [0.25, 0.3) is 0 Å². The highest BCUT2D eigenvalue weighted by Crippen LogP contribution is 2.16. The molecule has 3 N–H and O–H groups in total. The molecule has 1 aromatic carbocycles. The molecule has 7 nitrogen and oxygen atoms in total. The lowest BCUT2D eigenvalue weighted by Gasteiger charge is -2.08. The fourth-order valence-corrected chi connectivity index (χ4v) is 2.42. The number of hydrogen-bond donors (Lipinski definition) is 3. The number of carboxylic acid groups (broad SMARTS) is 1. The van der Waals surface area contributed by atoms with Gasteiger partial charge in [-0.3, -0.25) is 4.79 Å². The van der Waals surface area contributed by atoms with Gasteiger partial charge in [-0.2, -0.15) is 0 Å². The van der Waals surface area contributed by atoms with Gasteiger partial charge in [0, 0.05) is 6.54 Å². The molecule has 0 unspecified atom stereocenters. The lowest BCUT2D eigenvalue weighted by Crippen LogP contribution is -2.37. The van der Waals surface area contributed by atoms with E-state index < -0.39 is 39.2 Å². The second-order valence-electron chi connectivity index (χ2n) is 3.73. The quantitative estimate of drug-likeness (QED) is 0.681. The second-order valence-corrected chi connectivity index (χ2v) is 5.46. The molecule has 0 spiro atoms. The van der Waals surface area contributed by atoms with Gasteiger partial charge in [-0.1, -0.05) is 0 Å². The zero-order valence-corrected chi connectivity index (χ0v) is 11.3. The molecule has 1 amide bonds. The first-order valence-corrected chi connectivity index (χ1v) is 7.05. The van der Waals surface area contributed by atoms with Crippen molar-refractivity contribution in [2.45, 2.75) is 11.8 Å². The van der Waals surface area contributed by atoms with Gasteiger partial charge in [0.15, 0.2) is 0 Å². The summed E-state index contributed by atoms with van der Waals surface area (Å²) in [6, 6.07) is 2.38. The largest absolute Gasteiger partial charge is 0.478 e. The van der Waals surface area contributed by atoms with Gasteiger partial charge in [0.2, 0.25) is 15.9 Å². The van der Waals surface area contributed by atoms with Crippen molar-refractivity contribution in [3.05, 3.63) is 29.6 Å². The lowest BCUT2D eigenvalue weighted by atomic mass is 10.2. The van der Waals surface area contributed by atoms with Crippen LogP contribution >= 0.6 is 0 Å². The minimum atomic E-state index is -4.31. The summed E-state index contributed by atoms with van der Waals surface area (Å²) in [5.41, 5.74) is -0.371.